The van der Waals surface area contributed by atoms with Gasteiger partial charge in [-0.25, -0.2) is 29.9 Å². The van der Waals surface area contributed by atoms with Crippen LogP contribution >= 0.6 is 0 Å². The fourth-order valence-corrected chi connectivity index (χ4v) is 13.9. The number of fused-ring (bicyclic) bond motifs is 4. The van der Waals surface area contributed by atoms with Crippen molar-refractivity contribution in [1.29, 1.82) is 0 Å². The maximum Gasteiger partial charge on any atom is 0.252 e. The summed E-state index contributed by atoms with van der Waals surface area (Å²) in [4.78, 5) is 38.2. The Morgan fingerprint density at radius 1 is 0.429 bits per heavy atom. The average Bonchev–Trinajstić information content (AvgIpc) is 0.695. The third kappa shape index (κ3) is 11.3. The van der Waals surface area contributed by atoms with Gasteiger partial charge in [0, 0.05) is 67.9 Å². The second-order valence-corrected chi connectivity index (χ2v) is 29.7. The van der Waals surface area contributed by atoms with E-state index < -0.39 is 0 Å². The van der Waals surface area contributed by atoms with Crippen LogP contribution in [0.2, 0.25) is 0 Å². The van der Waals surface area contributed by atoms with Crippen LogP contribution in [-0.2, 0) is 21.7 Å². The minimum absolute atomic E-state index is 0.0481. The normalized spacial score (nSPS) is 16.3. The maximum atomic E-state index is 5.64. The summed E-state index contributed by atoms with van der Waals surface area (Å²) in [5.41, 5.74) is 22.1. The highest BCUT2D eigenvalue weighted by Crippen LogP contribution is 2.50. The topological polar surface area (TPSA) is 83.8 Å². The number of allylic oxidation sites excluding steroid dienone is 10. The summed E-state index contributed by atoms with van der Waals surface area (Å²) < 4.78 is 0. The molecule has 4 heterocycles. The minimum Gasteiger partial charge on any atom is -0.311 e. The van der Waals surface area contributed by atoms with Crippen molar-refractivity contribution in [2.45, 2.75) is 156 Å². The molecule has 0 radical (unpaired) electrons. The first-order valence-electron chi connectivity index (χ1n) is 33.0. The molecule has 3 aliphatic carbocycles. The summed E-state index contributed by atoms with van der Waals surface area (Å²) >= 11 is 0. The van der Waals surface area contributed by atoms with Crippen LogP contribution in [0.3, 0.4) is 0 Å². The van der Waals surface area contributed by atoms with Gasteiger partial charge in [-0.1, -0.05) is 229 Å². The number of hydrogen-bond donors (Lipinski definition) is 0. The van der Waals surface area contributed by atoms with E-state index in [1.807, 2.05) is 0 Å². The summed E-state index contributed by atoms with van der Waals surface area (Å²) in [6.07, 6.45) is 24.2. The highest BCUT2D eigenvalue weighted by molar-refractivity contribution is 7.00. The molecule has 0 saturated heterocycles. The lowest BCUT2D eigenvalue weighted by molar-refractivity contribution is 0.581. The fraction of sp³-hybridized carbons (Fsp3) is 0.293. The van der Waals surface area contributed by atoms with Crippen LogP contribution in [0, 0.1) is 0 Å². The predicted octanol–water partition coefficient (Wildman–Crippen LogP) is 19.3. The molecular formula is C82H83BN8. The summed E-state index contributed by atoms with van der Waals surface area (Å²) in [6.45, 7) is 27.7. The zero-order chi connectivity index (χ0) is 63.1. The molecule has 9 aromatic rings. The highest BCUT2D eigenvalue weighted by Gasteiger charge is 2.45. The molecule has 0 fully saturated rings. The standard InChI is InChI=1S/C82H83BN8/c1-79(2,3)57-36-42-61(43-37-57)90-67-46-40-59(81(7,8)9)50-65(67)83-66-51-60(82(10,11)12)41-47-68(66)91(62-44-38-58(39-45-62)80(4,5)6)70-49-56(48-69(90)72(70)83)71-63(77-86-73(52-26-17-13-18-27-52)84-74(87-77)53-28-19-14-20-29-53)34-25-35-64(71)78-88-75(54-30-21-15-22-31-54)85-76(89-78)55-32-23-16-24-33-55/h13-15,17-19,21,23,25-27,30,32-51,53H,16,20,22,24,28-29,31H2,1-12H3. The van der Waals surface area contributed by atoms with Gasteiger partial charge in [0.25, 0.3) is 6.71 Å². The van der Waals surface area contributed by atoms with E-state index in [1.165, 1.54) is 38.6 Å². The van der Waals surface area contributed by atoms with Gasteiger partial charge in [-0.3, -0.25) is 0 Å². The summed E-state index contributed by atoms with van der Waals surface area (Å²) in [5, 5.41) is 0. The molecule has 14 rings (SSSR count). The number of rotatable bonds is 9. The molecule has 91 heavy (non-hydrogen) atoms. The summed E-state index contributed by atoms with van der Waals surface area (Å²) in [6, 6.07) is 55.2. The van der Waals surface area contributed by atoms with Crippen LogP contribution < -0.4 is 26.2 Å². The van der Waals surface area contributed by atoms with Gasteiger partial charge in [0.1, 0.15) is 5.82 Å². The van der Waals surface area contributed by atoms with E-state index in [-0.39, 0.29) is 34.3 Å². The Bertz CT molecular complexity index is 4330. The van der Waals surface area contributed by atoms with Gasteiger partial charge >= 0.3 is 0 Å². The lowest BCUT2D eigenvalue weighted by atomic mass is 9.33. The monoisotopic (exact) mass is 1190 g/mol. The van der Waals surface area contributed by atoms with Crippen molar-refractivity contribution in [3.63, 3.8) is 0 Å². The first-order valence-corrected chi connectivity index (χ1v) is 33.0. The molecule has 0 bridgehead atoms. The van der Waals surface area contributed by atoms with Crippen LogP contribution in [0.1, 0.15) is 174 Å². The molecule has 0 N–H and O–H groups in total. The molecule has 0 amide bonds. The van der Waals surface area contributed by atoms with Crippen molar-refractivity contribution in [2.24, 2.45) is 0 Å². The second-order valence-electron chi connectivity index (χ2n) is 29.7. The number of anilines is 6. The van der Waals surface area contributed by atoms with E-state index in [4.69, 9.17) is 29.9 Å². The minimum atomic E-state index is -0.133. The first-order chi connectivity index (χ1) is 43.6. The van der Waals surface area contributed by atoms with Crippen molar-refractivity contribution in [3.8, 4) is 45.3 Å². The van der Waals surface area contributed by atoms with Gasteiger partial charge in [-0.2, -0.15) is 0 Å². The third-order valence-corrected chi connectivity index (χ3v) is 19.1. The van der Waals surface area contributed by atoms with Crippen molar-refractivity contribution in [1.82, 2.24) is 29.9 Å². The molecular weight excluding hydrogens is 1110 g/mol. The molecule has 2 aromatic heterocycles. The molecule has 2 aliphatic heterocycles. The van der Waals surface area contributed by atoms with Gasteiger partial charge in [-0.15, -0.1) is 0 Å². The van der Waals surface area contributed by atoms with Gasteiger partial charge in [0.05, 0.1) is 0 Å². The van der Waals surface area contributed by atoms with Gasteiger partial charge < -0.3 is 9.80 Å². The molecule has 0 spiro atoms. The first kappa shape index (κ1) is 59.5. The molecule has 9 heteroatoms. The van der Waals surface area contributed by atoms with Crippen LogP contribution in [0.4, 0.5) is 34.1 Å². The highest BCUT2D eigenvalue weighted by atomic mass is 15.2. The van der Waals surface area contributed by atoms with E-state index in [9.17, 15) is 0 Å². The lowest BCUT2D eigenvalue weighted by Gasteiger charge is -2.45. The Balaban J connectivity index is 1.13. The molecule has 8 nitrogen and oxygen atoms in total. The molecule has 454 valence electrons. The van der Waals surface area contributed by atoms with Crippen LogP contribution in [0.15, 0.2) is 194 Å². The third-order valence-electron chi connectivity index (χ3n) is 19.1. The number of benzene rings is 7. The van der Waals surface area contributed by atoms with Gasteiger partial charge in [0.15, 0.2) is 29.1 Å². The largest absolute Gasteiger partial charge is 0.311 e. The van der Waals surface area contributed by atoms with Crippen molar-refractivity contribution in [3.05, 3.63) is 234 Å². The zero-order valence-electron chi connectivity index (χ0n) is 55.2. The van der Waals surface area contributed by atoms with E-state index in [2.05, 4.69) is 287 Å². The van der Waals surface area contributed by atoms with Crippen molar-refractivity contribution >= 4 is 68.4 Å². The summed E-state index contributed by atoms with van der Waals surface area (Å²) in [5.74, 6) is 4.14. The van der Waals surface area contributed by atoms with E-state index in [0.29, 0.717) is 29.1 Å². The zero-order valence-corrected chi connectivity index (χ0v) is 55.2. The predicted molar refractivity (Wildman–Crippen MR) is 382 cm³/mol. The molecule has 1 unspecified atom stereocenters. The Hall–Kier alpha value is -9.08. The van der Waals surface area contributed by atoms with Crippen LogP contribution in [0.5, 0.6) is 0 Å². The lowest BCUT2D eigenvalue weighted by Crippen LogP contribution is -2.61. The number of nitrogens with zero attached hydrogens (tertiary/aromatic N) is 8. The average molecular weight is 1190 g/mol. The van der Waals surface area contributed by atoms with Crippen LogP contribution in [-0.4, -0.2) is 36.6 Å². The van der Waals surface area contributed by atoms with Crippen molar-refractivity contribution < 1.29 is 0 Å². The van der Waals surface area contributed by atoms with Gasteiger partial charge in [-0.05, 0) is 165 Å². The molecule has 0 saturated carbocycles. The van der Waals surface area contributed by atoms with E-state index >= 15 is 0 Å². The maximum absolute atomic E-state index is 5.64. The molecule has 1 atom stereocenters. The number of aromatic nitrogens is 6. The molecule has 7 aromatic carbocycles. The smallest absolute Gasteiger partial charge is 0.252 e. The SMILES string of the molecule is CC(C)(C)c1ccc(N2c3ccc(C(C)(C)C)cc3B3c4cc(C(C)(C)C)ccc4N(c4ccc(C(C)(C)C)cc4)c4cc(-c5c(-c6nc(C7=CCCC=C7)nc(C7=CC=CCC7)n6)cccc5-c5nc(-c6ccccc6)nc(C6CC=CCC6)n5)cc2c43)cc1. The molecule has 5 aliphatic rings. The Morgan fingerprint density at radius 3 is 1.49 bits per heavy atom. The van der Waals surface area contributed by atoms with E-state index in [0.717, 1.165) is 124 Å². The Morgan fingerprint density at radius 2 is 0.967 bits per heavy atom. The number of hydrogen-bond acceptors (Lipinski definition) is 8. The van der Waals surface area contributed by atoms with Crippen LogP contribution in [0.25, 0.3) is 56.4 Å². The Kier molecular flexibility index (Phi) is 15.0. The fourth-order valence-electron chi connectivity index (χ4n) is 13.9. The second kappa shape index (κ2) is 23.0. The summed E-state index contributed by atoms with van der Waals surface area (Å²) in [7, 11) is 0. The quantitative estimate of drug-likeness (QED) is 0.104. The van der Waals surface area contributed by atoms with Crippen molar-refractivity contribution in [2.75, 3.05) is 9.80 Å². The van der Waals surface area contributed by atoms with Gasteiger partial charge in [0.2, 0.25) is 0 Å². The Labute approximate surface area is 539 Å². The van der Waals surface area contributed by atoms with E-state index in [1.54, 1.807) is 0 Å².